The highest BCUT2D eigenvalue weighted by atomic mass is 35.5. The summed E-state index contributed by atoms with van der Waals surface area (Å²) in [4.78, 5) is 11.8. The van der Waals surface area contributed by atoms with Gasteiger partial charge in [-0.15, -0.1) is 0 Å². The van der Waals surface area contributed by atoms with Crippen LogP contribution >= 0.6 is 23.2 Å². The van der Waals surface area contributed by atoms with Gasteiger partial charge in [-0.05, 0) is 36.4 Å². The molecular weight excluding hydrogens is 401 g/mol. The van der Waals surface area contributed by atoms with Crippen LogP contribution in [0.3, 0.4) is 0 Å². The van der Waals surface area contributed by atoms with Gasteiger partial charge in [0.15, 0.2) is 0 Å². The molecule has 2 aromatic carbocycles. The maximum Gasteiger partial charge on any atom is 0.294 e. The van der Waals surface area contributed by atoms with Crippen molar-refractivity contribution in [1.29, 1.82) is 5.26 Å². The number of carbonyl (C=O) groups is 1. The van der Waals surface area contributed by atoms with Crippen LogP contribution in [0.4, 0.5) is 11.4 Å². The van der Waals surface area contributed by atoms with E-state index in [4.69, 9.17) is 33.0 Å². The van der Waals surface area contributed by atoms with Gasteiger partial charge in [0, 0.05) is 16.9 Å². The minimum absolute atomic E-state index is 0.235. The molecule has 2 aromatic rings. The van der Waals surface area contributed by atoms with Crippen LogP contribution in [0.2, 0.25) is 10.0 Å². The Balaban J connectivity index is 2.19. The maximum atomic E-state index is 12.2. The van der Waals surface area contributed by atoms with Gasteiger partial charge in [-0.25, -0.2) is 0 Å². The minimum atomic E-state index is -4.37. The first-order valence-corrected chi connectivity index (χ1v) is 9.11. The average Bonchev–Trinajstić information content (AvgIpc) is 2.58. The van der Waals surface area contributed by atoms with Gasteiger partial charge in [0.1, 0.15) is 11.6 Å². The summed E-state index contributed by atoms with van der Waals surface area (Å²) in [6.07, 6.45) is 1.09. The molecule has 0 spiro atoms. The van der Waals surface area contributed by atoms with Crippen molar-refractivity contribution in [2.75, 3.05) is 10.6 Å². The Hall–Kier alpha value is -2.57. The Morgan fingerprint density at radius 1 is 1.19 bits per heavy atom. The van der Waals surface area contributed by atoms with Gasteiger partial charge in [-0.3, -0.25) is 9.35 Å². The third-order valence-electron chi connectivity index (χ3n) is 3.06. The molecule has 0 heterocycles. The molecule has 0 aromatic heterocycles. The van der Waals surface area contributed by atoms with Crippen molar-refractivity contribution >= 4 is 50.6 Å². The topological polar surface area (TPSA) is 119 Å². The first-order chi connectivity index (χ1) is 12.2. The molecule has 0 radical (unpaired) electrons. The molecule has 0 fully saturated rings. The molecule has 0 aliphatic rings. The van der Waals surface area contributed by atoms with E-state index in [1.54, 1.807) is 12.1 Å². The number of anilines is 2. The van der Waals surface area contributed by atoms with Crippen LogP contribution in [-0.4, -0.2) is 18.9 Å². The standard InChI is InChI=1S/C16H11Cl2N3O4S/c17-11-4-5-14(18)15(6-11)21-16(22)10(8-19)9-20-12-2-1-3-13(7-12)26(23,24)25/h1-7,9,20H,(H,21,22)(H,23,24,25)/b10-9-. The number of amides is 1. The lowest BCUT2D eigenvalue weighted by Gasteiger charge is -2.08. The Morgan fingerprint density at radius 3 is 2.58 bits per heavy atom. The van der Waals surface area contributed by atoms with E-state index in [0.717, 1.165) is 12.3 Å². The molecule has 0 unspecified atom stereocenters. The molecule has 10 heteroatoms. The molecule has 3 N–H and O–H groups in total. The smallest absolute Gasteiger partial charge is 0.294 e. The lowest BCUT2D eigenvalue weighted by molar-refractivity contribution is -0.112. The first kappa shape index (κ1) is 19.8. The van der Waals surface area contributed by atoms with Crippen molar-refractivity contribution < 1.29 is 17.8 Å². The highest BCUT2D eigenvalue weighted by Crippen LogP contribution is 2.25. The fraction of sp³-hybridized carbons (Fsp3) is 0. The molecular formula is C16H11Cl2N3O4S. The zero-order valence-electron chi connectivity index (χ0n) is 12.9. The number of nitrogens with zero attached hydrogens (tertiary/aromatic N) is 1. The van der Waals surface area contributed by atoms with E-state index in [-0.39, 0.29) is 26.9 Å². The Kier molecular flexibility index (Phi) is 6.23. The number of nitrogens with one attached hydrogen (secondary N) is 2. The van der Waals surface area contributed by atoms with Crippen molar-refractivity contribution in [3.05, 3.63) is 64.3 Å². The van der Waals surface area contributed by atoms with Crippen LogP contribution < -0.4 is 10.6 Å². The summed E-state index contributed by atoms with van der Waals surface area (Å²) in [5.41, 5.74) is 0.193. The number of halogens is 2. The molecule has 0 aliphatic carbocycles. The fourth-order valence-electron chi connectivity index (χ4n) is 1.83. The van der Waals surface area contributed by atoms with Crippen molar-refractivity contribution in [2.24, 2.45) is 0 Å². The van der Waals surface area contributed by atoms with Gasteiger partial charge in [0.25, 0.3) is 16.0 Å². The number of hydrogen-bond donors (Lipinski definition) is 3. The Bertz CT molecular complexity index is 1030. The predicted molar refractivity (Wildman–Crippen MR) is 98.7 cm³/mol. The summed E-state index contributed by atoms with van der Waals surface area (Å²) in [6.45, 7) is 0. The molecule has 0 atom stereocenters. The fourth-order valence-corrected chi connectivity index (χ4v) is 2.70. The van der Waals surface area contributed by atoms with Crippen LogP contribution in [0.25, 0.3) is 0 Å². The molecule has 1 amide bonds. The van der Waals surface area contributed by atoms with Crippen LogP contribution in [0, 0.1) is 11.3 Å². The third-order valence-corrected chi connectivity index (χ3v) is 4.47. The molecule has 0 saturated carbocycles. The summed E-state index contributed by atoms with van der Waals surface area (Å²) in [5, 5.41) is 14.8. The quantitative estimate of drug-likeness (QED) is 0.391. The average molecular weight is 412 g/mol. The van der Waals surface area contributed by atoms with Crippen molar-refractivity contribution in [3.8, 4) is 6.07 Å². The van der Waals surface area contributed by atoms with E-state index < -0.39 is 16.0 Å². The number of benzene rings is 2. The second-order valence-corrected chi connectivity index (χ2v) is 7.16. The van der Waals surface area contributed by atoms with Crippen LogP contribution in [-0.2, 0) is 14.9 Å². The largest absolute Gasteiger partial charge is 0.360 e. The van der Waals surface area contributed by atoms with Crippen molar-refractivity contribution in [1.82, 2.24) is 0 Å². The summed E-state index contributed by atoms with van der Waals surface area (Å²) in [6, 6.07) is 11.4. The molecule has 0 saturated heterocycles. The highest BCUT2D eigenvalue weighted by Gasteiger charge is 2.13. The summed E-state index contributed by atoms with van der Waals surface area (Å²) < 4.78 is 31.3. The SMILES string of the molecule is N#C/C(=C/Nc1cccc(S(=O)(=O)O)c1)C(=O)Nc1cc(Cl)ccc1Cl. The van der Waals surface area contributed by atoms with Crippen LogP contribution in [0.15, 0.2) is 59.1 Å². The van der Waals surface area contributed by atoms with Crippen LogP contribution in [0.1, 0.15) is 0 Å². The van der Waals surface area contributed by atoms with E-state index in [1.165, 1.54) is 30.3 Å². The van der Waals surface area contributed by atoms with Gasteiger partial charge in [0.2, 0.25) is 0 Å². The Labute approximate surface area is 159 Å². The lowest BCUT2D eigenvalue weighted by atomic mass is 10.2. The normalized spacial score (nSPS) is 11.5. The highest BCUT2D eigenvalue weighted by molar-refractivity contribution is 7.85. The summed E-state index contributed by atoms with van der Waals surface area (Å²) in [7, 11) is -4.37. The van der Waals surface area contributed by atoms with Crippen molar-refractivity contribution in [3.63, 3.8) is 0 Å². The number of carbonyl (C=O) groups excluding carboxylic acids is 1. The van der Waals surface area contributed by atoms with Gasteiger partial charge in [0.05, 0.1) is 15.6 Å². The van der Waals surface area contributed by atoms with Crippen molar-refractivity contribution in [2.45, 2.75) is 4.90 Å². The second kappa shape index (κ2) is 8.21. The maximum absolute atomic E-state index is 12.2. The van der Waals surface area contributed by atoms with Gasteiger partial charge in [-0.2, -0.15) is 13.7 Å². The lowest BCUT2D eigenvalue weighted by Crippen LogP contribution is -2.15. The molecule has 0 bridgehead atoms. The summed E-state index contributed by atoms with van der Waals surface area (Å²) in [5.74, 6) is -0.741. The monoisotopic (exact) mass is 411 g/mol. The van der Waals surface area contributed by atoms with E-state index in [0.29, 0.717) is 5.02 Å². The Morgan fingerprint density at radius 2 is 1.92 bits per heavy atom. The number of hydrogen-bond acceptors (Lipinski definition) is 5. The number of nitriles is 1. The third kappa shape index (κ3) is 5.21. The molecule has 26 heavy (non-hydrogen) atoms. The van der Waals surface area contributed by atoms with E-state index >= 15 is 0 Å². The predicted octanol–water partition coefficient (Wildman–Crippen LogP) is 3.70. The van der Waals surface area contributed by atoms with Gasteiger partial charge < -0.3 is 10.6 Å². The van der Waals surface area contributed by atoms with E-state index in [1.807, 2.05) is 0 Å². The van der Waals surface area contributed by atoms with E-state index in [9.17, 15) is 13.2 Å². The zero-order valence-corrected chi connectivity index (χ0v) is 15.2. The molecule has 134 valence electrons. The van der Waals surface area contributed by atoms with Gasteiger partial charge in [-0.1, -0.05) is 29.3 Å². The van der Waals surface area contributed by atoms with Crippen LogP contribution in [0.5, 0.6) is 0 Å². The zero-order chi connectivity index (χ0) is 19.3. The minimum Gasteiger partial charge on any atom is -0.360 e. The van der Waals surface area contributed by atoms with E-state index in [2.05, 4.69) is 10.6 Å². The second-order valence-electron chi connectivity index (χ2n) is 4.90. The number of rotatable bonds is 5. The molecule has 7 nitrogen and oxygen atoms in total. The molecule has 0 aliphatic heterocycles. The summed E-state index contributed by atoms with van der Waals surface area (Å²) >= 11 is 11.8. The molecule has 2 rings (SSSR count). The van der Waals surface area contributed by atoms with Gasteiger partial charge >= 0.3 is 0 Å². The first-order valence-electron chi connectivity index (χ1n) is 6.91.